The summed E-state index contributed by atoms with van der Waals surface area (Å²) in [6.45, 7) is 1.72. The largest absolute Gasteiger partial charge is 0.325 e. The number of aromatic nitrogens is 3. The normalized spacial score (nSPS) is 14.5. The second-order valence-electron chi connectivity index (χ2n) is 4.68. The Morgan fingerprint density at radius 1 is 1.45 bits per heavy atom. The van der Waals surface area contributed by atoms with Crippen molar-refractivity contribution in [3.05, 3.63) is 22.0 Å². The third-order valence-corrected chi connectivity index (χ3v) is 5.98. The number of sulfonamides is 1. The number of hydrogen-bond donors (Lipinski definition) is 3. The van der Waals surface area contributed by atoms with Crippen LogP contribution >= 0.6 is 11.3 Å². The molecule has 1 aliphatic rings. The van der Waals surface area contributed by atoms with Crippen LogP contribution in [-0.2, 0) is 29.4 Å². The first-order chi connectivity index (χ1) is 9.51. The van der Waals surface area contributed by atoms with E-state index >= 15 is 0 Å². The summed E-state index contributed by atoms with van der Waals surface area (Å²) in [5, 5.41) is 6.97. The number of nitrogens with two attached hydrogens (primary N) is 1. The van der Waals surface area contributed by atoms with Gasteiger partial charge in [0.1, 0.15) is 4.90 Å². The van der Waals surface area contributed by atoms with Crippen LogP contribution in [0.1, 0.15) is 28.4 Å². The van der Waals surface area contributed by atoms with E-state index in [-0.39, 0.29) is 11.4 Å². The van der Waals surface area contributed by atoms with Crippen LogP contribution in [0.5, 0.6) is 0 Å². The molecule has 3 rings (SSSR count). The molecule has 0 aromatic carbocycles. The number of nitrogens with one attached hydrogen (secondary N) is 2. The van der Waals surface area contributed by atoms with Gasteiger partial charge in [-0.05, 0) is 26.2 Å². The fourth-order valence-electron chi connectivity index (χ4n) is 2.36. The molecule has 2 aromatic heterocycles. The quantitative estimate of drug-likeness (QED) is 0.776. The predicted octanol–water partition coefficient (Wildman–Crippen LogP) is 0.923. The molecular weight excluding hydrogens is 298 g/mol. The van der Waals surface area contributed by atoms with E-state index in [4.69, 9.17) is 5.73 Å². The van der Waals surface area contributed by atoms with Crippen LogP contribution in [0.3, 0.4) is 0 Å². The monoisotopic (exact) mass is 313 g/mol. The molecule has 0 spiro atoms. The van der Waals surface area contributed by atoms with Gasteiger partial charge in [-0.2, -0.15) is 5.10 Å². The molecule has 7 nitrogen and oxygen atoms in total. The molecule has 4 N–H and O–H groups in total. The number of nitrogens with zero attached hydrogens (tertiary/aromatic N) is 2. The number of aryl methyl sites for hydroxylation is 3. The Hall–Kier alpha value is -1.45. The minimum absolute atomic E-state index is 0.0644. The highest BCUT2D eigenvalue weighted by molar-refractivity contribution is 7.93. The topological polar surface area (TPSA) is 114 Å². The molecule has 0 saturated heterocycles. The molecule has 1 aliphatic carbocycles. The molecular formula is C11H15N5O2S2. The van der Waals surface area contributed by atoms with Gasteiger partial charge in [0.25, 0.3) is 10.0 Å². The van der Waals surface area contributed by atoms with E-state index < -0.39 is 10.0 Å². The summed E-state index contributed by atoms with van der Waals surface area (Å²) in [4.78, 5) is 5.63. The maximum Gasteiger partial charge on any atom is 0.267 e. The average molecular weight is 313 g/mol. The molecule has 9 heteroatoms. The molecule has 0 fully saturated rings. The second kappa shape index (κ2) is 4.83. The maximum atomic E-state index is 12.4. The summed E-state index contributed by atoms with van der Waals surface area (Å²) in [6, 6.07) is 0. The zero-order valence-corrected chi connectivity index (χ0v) is 12.6. The molecule has 0 unspecified atom stereocenters. The van der Waals surface area contributed by atoms with Gasteiger partial charge < -0.3 is 5.73 Å². The first-order valence-electron chi connectivity index (χ1n) is 6.26. The molecule has 2 heterocycles. The smallest absolute Gasteiger partial charge is 0.267 e. The van der Waals surface area contributed by atoms with Crippen molar-refractivity contribution in [2.75, 3.05) is 4.72 Å². The Bertz CT molecular complexity index is 725. The summed E-state index contributed by atoms with van der Waals surface area (Å²) >= 11 is 1.40. The fourth-order valence-corrected chi connectivity index (χ4v) is 5.03. The first kappa shape index (κ1) is 13.5. The molecule has 0 aliphatic heterocycles. The van der Waals surface area contributed by atoms with Crippen molar-refractivity contribution in [3.8, 4) is 0 Å². The van der Waals surface area contributed by atoms with Gasteiger partial charge in [0, 0.05) is 11.4 Å². The minimum Gasteiger partial charge on any atom is -0.325 e. The van der Waals surface area contributed by atoms with Crippen LogP contribution in [0, 0.1) is 6.92 Å². The first-order valence-corrected chi connectivity index (χ1v) is 8.56. The third-order valence-electron chi connectivity index (χ3n) is 3.24. The van der Waals surface area contributed by atoms with Gasteiger partial charge in [-0.1, -0.05) is 0 Å². The van der Waals surface area contributed by atoms with Crippen molar-refractivity contribution in [3.63, 3.8) is 0 Å². The zero-order chi connectivity index (χ0) is 14.3. The van der Waals surface area contributed by atoms with Crippen molar-refractivity contribution < 1.29 is 8.42 Å². The molecule has 0 saturated carbocycles. The lowest BCUT2D eigenvalue weighted by atomic mass is 10.4. The van der Waals surface area contributed by atoms with Crippen molar-refractivity contribution in [2.24, 2.45) is 5.73 Å². The SMILES string of the molecule is Cc1[nH]nc(CN)c1S(=O)(=O)Nc1nc2c(s1)CCC2. The van der Waals surface area contributed by atoms with E-state index in [9.17, 15) is 8.42 Å². The summed E-state index contributed by atoms with van der Waals surface area (Å²) in [7, 11) is -3.71. The average Bonchev–Trinajstić information content (AvgIpc) is 3.02. The Morgan fingerprint density at radius 2 is 2.25 bits per heavy atom. The van der Waals surface area contributed by atoms with Gasteiger partial charge in [0.15, 0.2) is 5.13 Å². The lowest BCUT2D eigenvalue weighted by Crippen LogP contribution is -2.16. The van der Waals surface area contributed by atoms with E-state index in [1.807, 2.05) is 0 Å². The van der Waals surface area contributed by atoms with Crippen LogP contribution in [0.2, 0.25) is 0 Å². The van der Waals surface area contributed by atoms with E-state index in [0.29, 0.717) is 16.5 Å². The minimum atomic E-state index is -3.71. The van der Waals surface area contributed by atoms with Crippen LogP contribution < -0.4 is 10.5 Å². The summed E-state index contributed by atoms with van der Waals surface area (Å²) in [6.07, 6.45) is 3.00. The number of fused-ring (bicyclic) bond motifs is 1. The maximum absolute atomic E-state index is 12.4. The standard InChI is InChI=1S/C11H15N5O2S2/c1-6-10(8(5-12)15-14-6)20(17,18)16-11-13-7-3-2-4-9(7)19-11/h2-5,12H2,1H3,(H,13,16)(H,14,15). The molecule has 0 amide bonds. The van der Waals surface area contributed by atoms with E-state index in [2.05, 4.69) is 19.9 Å². The van der Waals surface area contributed by atoms with Crippen LogP contribution in [0.4, 0.5) is 5.13 Å². The van der Waals surface area contributed by atoms with Gasteiger partial charge in [-0.15, -0.1) is 11.3 Å². The third kappa shape index (κ3) is 2.21. The Labute approximate surface area is 120 Å². The van der Waals surface area contributed by atoms with E-state index in [1.165, 1.54) is 16.2 Å². The highest BCUT2D eigenvalue weighted by Crippen LogP contribution is 2.32. The second-order valence-corrected chi connectivity index (χ2v) is 7.38. The van der Waals surface area contributed by atoms with Gasteiger partial charge in [-0.25, -0.2) is 13.4 Å². The highest BCUT2D eigenvalue weighted by atomic mass is 32.2. The fraction of sp³-hybridized carbons (Fsp3) is 0.455. The summed E-state index contributed by atoms with van der Waals surface area (Å²) < 4.78 is 27.4. The van der Waals surface area contributed by atoms with Gasteiger partial charge in [-0.3, -0.25) is 9.82 Å². The molecule has 0 atom stereocenters. The number of anilines is 1. The Kier molecular flexibility index (Phi) is 3.27. The number of hydrogen-bond acceptors (Lipinski definition) is 6. The summed E-state index contributed by atoms with van der Waals surface area (Å²) in [5.74, 6) is 0. The lowest BCUT2D eigenvalue weighted by molar-refractivity contribution is 0.599. The van der Waals surface area contributed by atoms with Gasteiger partial charge >= 0.3 is 0 Å². The Balaban J connectivity index is 1.93. The number of H-pyrrole nitrogens is 1. The molecule has 2 aromatic rings. The van der Waals surface area contributed by atoms with Crippen molar-refractivity contribution >= 4 is 26.5 Å². The molecule has 20 heavy (non-hydrogen) atoms. The molecule has 108 valence electrons. The number of aromatic amines is 1. The van der Waals surface area contributed by atoms with Gasteiger partial charge in [0.05, 0.1) is 17.1 Å². The highest BCUT2D eigenvalue weighted by Gasteiger charge is 2.26. The molecule has 0 bridgehead atoms. The lowest BCUT2D eigenvalue weighted by Gasteiger charge is -2.05. The van der Waals surface area contributed by atoms with Crippen molar-refractivity contribution in [1.29, 1.82) is 0 Å². The Morgan fingerprint density at radius 3 is 2.95 bits per heavy atom. The van der Waals surface area contributed by atoms with Gasteiger partial charge in [0.2, 0.25) is 0 Å². The van der Waals surface area contributed by atoms with E-state index in [0.717, 1.165) is 25.0 Å². The number of rotatable bonds is 4. The van der Waals surface area contributed by atoms with Crippen molar-refractivity contribution in [1.82, 2.24) is 15.2 Å². The van der Waals surface area contributed by atoms with Crippen LogP contribution in [0.25, 0.3) is 0 Å². The van der Waals surface area contributed by atoms with E-state index in [1.54, 1.807) is 6.92 Å². The molecule has 0 radical (unpaired) electrons. The summed E-state index contributed by atoms with van der Waals surface area (Å²) in [5.41, 5.74) is 7.34. The number of thiazole rings is 1. The van der Waals surface area contributed by atoms with Crippen molar-refractivity contribution in [2.45, 2.75) is 37.6 Å². The zero-order valence-electron chi connectivity index (χ0n) is 10.9. The van der Waals surface area contributed by atoms with Crippen LogP contribution in [-0.4, -0.2) is 23.6 Å². The predicted molar refractivity (Wildman–Crippen MR) is 76.2 cm³/mol. The van der Waals surface area contributed by atoms with Crippen LogP contribution in [0.15, 0.2) is 4.90 Å².